The summed E-state index contributed by atoms with van der Waals surface area (Å²) in [6, 6.07) is 15.4. The monoisotopic (exact) mass is 253 g/mol. The molecule has 0 spiro atoms. The summed E-state index contributed by atoms with van der Waals surface area (Å²) in [6.07, 6.45) is 2.48. The number of fused-ring (bicyclic) bond motifs is 1. The van der Waals surface area contributed by atoms with Gasteiger partial charge in [0.15, 0.2) is 5.96 Å². The first-order valence-electron chi connectivity index (χ1n) is 6.74. The summed E-state index contributed by atoms with van der Waals surface area (Å²) in [5.41, 5.74) is 7.19. The molecule has 0 aromatic heterocycles. The zero-order chi connectivity index (χ0) is 13.2. The van der Waals surface area contributed by atoms with Crippen molar-refractivity contribution in [2.75, 3.05) is 7.05 Å². The number of hydrogen-bond donors (Lipinski definition) is 1. The van der Waals surface area contributed by atoms with Crippen molar-refractivity contribution < 1.29 is 0 Å². The lowest BCUT2D eigenvalue weighted by Crippen LogP contribution is -2.35. The van der Waals surface area contributed by atoms with Crippen LogP contribution >= 0.6 is 0 Å². The molecule has 19 heavy (non-hydrogen) atoms. The van der Waals surface area contributed by atoms with Gasteiger partial charge < -0.3 is 10.6 Å². The van der Waals surface area contributed by atoms with E-state index in [4.69, 9.17) is 5.73 Å². The maximum absolute atomic E-state index is 5.99. The third kappa shape index (κ3) is 2.70. The van der Waals surface area contributed by atoms with Crippen LogP contribution in [0, 0.1) is 0 Å². The molecule has 1 aliphatic rings. The van der Waals surface area contributed by atoms with Gasteiger partial charge in [0.1, 0.15) is 0 Å². The Bertz CT molecular complexity index is 614. The van der Waals surface area contributed by atoms with Gasteiger partial charge in [-0.05, 0) is 35.2 Å². The van der Waals surface area contributed by atoms with Crippen molar-refractivity contribution in [3.05, 3.63) is 48.0 Å². The maximum atomic E-state index is 5.99. The van der Waals surface area contributed by atoms with Crippen LogP contribution in [0.15, 0.2) is 47.5 Å². The maximum Gasteiger partial charge on any atom is 0.191 e. The fourth-order valence-corrected chi connectivity index (χ4v) is 2.27. The largest absolute Gasteiger partial charge is 0.370 e. The number of nitrogens with zero attached hydrogens (tertiary/aromatic N) is 2. The minimum Gasteiger partial charge on any atom is -0.370 e. The lowest BCUT2D eigenvalue weighted by molar-refractivity contribution is 0.487. The van der Waals surface area contributed by atoms with Crippen molar-refractivity contribution in [3.63, 3.8) is 0 Å². The topological polar surface area (TPSA) is 41.6 Å². The van der Waals surface area contributed by atoms with Crippen LogP contribution in [-0.2, 0) is 6.54 Å². The Labute approximate surface area is 113 Å². The molecule has 0 radical (unpaired) electrons. The molecule has 2 aromatic rings. The highest BCUT2D eigenvalue weighted by Crippen LogP contribution is 2.25. The van der Waals surface area contributed by atoms with Gasteiger partial charge in [-0.3, -0.25) is 0 Å². The van der Waals surface area contributed by atoms with E-state index in [0.717, 1.165) is 0 Å². The summed E-state index contributed by atoms with van der Waals surface area (Å²) < 4.78 is 0. The Kier molecular flexibility index (Phi) is 3.11. The molecule has 0 aliphatic heterocycles. The van der Waals surface area contributed by atoms with Gasteiger partial charge in [0.25, 0.3) is 0 Å². The fourth-order valence-electron chi connectivity index (χ4n) is 2.27. The highest BCUT2D eigenvalue weighted by molar-refractivity contribution is 5.83. The molecule has 3 heteroatoms. The lowest BCUT2D eigenvalue weighted by Gasteiger charge is -2.16. The van der Waals surface area contributed by atoms with Crippen LogP contribution < -0.4 is 5.73 Å². The van der Waals surface area contributed by atoms with Crippen LogP contribution in [-0.4, -0.2) is 23.9 Å². The lowest BCUT2D eigenvalue weighted by atomic mass is 10.1. The van der Waals surface area contributed by atoms with Crippen molar-refractivity contribution >= 4 is 16.7 Å². The standard InChI is InChI=1S/C16H19N3/c1-19(15-8-9-15)16(17)18-11-12-6-7-13-4-2-3-5-14(13)10-12/h2-7,10,15H,8-9,11H2,1H3,(H2,17,18). The number of aliphatic imine (C=N–C) groups is 1. The number of guanidine groups is 1. The van der Waals surface area contributed by atoms with Crippen LogP contribution in [0.25, 0.3) is 10.8 Å². The zero-order valence-electron chi connectivity index (χ0n) is 11.2. The molecule has 3 rings (SSSR count). The molecule has 0 heterocycles. The van der Waals surface area contributed by atoms with Crippen molar-refractivity contribution in [1.82, 2.24) is 4.90 Å². The third-order valence-electron chi connectivity index (χ3n) is 3.69. The summed E-state index contributed by atoms with van der Waals surface area (Å²) in [5, 5.41) is 2.52. The van der Waals surface area contributed by atoms with Crippen LogP contribution in [0.2, 0.25) is 0 Å². The minimum absolute atomic E-state index is 0.611. The average Bonchev–Trinajstić information content (AvgIpc) is 3.28. The first kappa shape index (κ1) is 12.0. The molecule has 0 unspecified atom stereocenters. The molecule has 2 N–H and O–H groups in total. The molecule has 0 amide bonds. The molecule has 0 bridgehead atoms. The van der Waals surface area contributed by atoms with Crippen LogP contribution in [0.4, 0.5) is 0 Å². The second kappa shape index (κ2) is 4.92. The summed E-state index contributed by atoms with van der Waals surface area (Å²) in [7, 11) is 2.02. The molecule has 0 saturated heterocycles. The third-order valence-corrected chi connectivity index (χ3v) is 3.69. The smallest absolute Gasteiger partial charge is 0.191 e. The Morgan fingerprint density at radius 3 is 2.68 bits per heavy atom. The molecular formula is C16H19N3. The quantitative estimate of drug-likeness (QED) is 0.675. The Balaban J connectivity index is 1.75. The van der Waals surface area contributed by atoms with Gasteiger partial charge >= 0.3 is 0 Å². The van der Waals surface area contributed by atoms with Gasteiger partial charge in [-0.15, -0.1) is 0 Å². The van der Waals surface area contributed by atoms with E-state index >= 15 is 0 Å². The summed E-state index contributed by atoms with van der Waals surface area (Å²) in [6.45, 7) is 0.647. The van der Waals surface area contributed by atoms with Crippen molar-refractivity contribution in [3.8, 4) is 0 Å². The van der Waals surface area contributed by atoms with E-state index in [0.29, 0.717) is 18.5 Å². The molecule has 2 aromatic carbocycles. The SMILES string of the molecule is CN(C(N)=NCc1ccc2ccccc2c1)C1CC1. The number of benzene rings is 2. The van der Waals surface area contributed by atoms with Crippen LogP contribution in [0.3, 0.4) is 0 Å². The van der Waals surface area contributed by atoms with Gasteiger partial charge in [-0.25, -0.2) is 4.99 Å². The van der Waals surface area contributed by atoms with Crippen molar-refractivity contribution in [1.29, 1.82) is 0 Å². The van der Waals surface area contributed by atoms with E-state index in [-0.39, 0.29) is 0 Å². The van der Waals surface area contributed by atoms with Crippen molar-refractivity contribution in [2.24, 2.45) is 10.7 Å². The highest BCUT2D eigenvalue weighted by Gasteiger charge is 2.27. The van der Waals surface area contributed by atoms with Crippen molar-refractivity contribution in [2.45, 2.75) is 25.4 Å². The summed E-state index contributed by atoms with van der Waals surface area (Å²) >= 11 is 0. The number of hydrogen-bond acceptors (Lipinski definition) is 1. The van der Waals surface area contributed by atoms with Gasteiger partial charge in [-0.1, -0.05) is 36.4 Å². The number of nitrogens with two attached hydrogens (primary N) is 1. The summed E-state index contributed by atoms with van der Waals surface area (Å²) in [4.78, 5) is 6.57. The van der Waals surface area contributed by atoms with E-state index < -0.39 is 0 Å². The predicted molar refractivity (Wildman–Crippen MR) is 80.1 cm³/mol. The van der Waals surface area contributed by atoms with Gasteiger partial charge in [0, 0.05) is 13.1 Å². The van der Waals surface area contributed by atoms with E-state index in [1.807, 2.05) is 7.05 Å². The summed E-state index contributed by atoms with van der Waals surface area (Å²) in [5.74, 6) is 0.649. The zero-order valence-corrected chi connectivity index (χ0v) is 11.2. The van der Waals surface area contributed by atoms with E-state index in [1.165, 1.54) is 29.2 Å². The second-order valence-electron chi connectivity index (χ2n) is 5.20. The van der Waals surface area contributed by atoms with Gasteiger partial charge in [-0.2, -0.15) is 0 Å². The molecule has 1 aliphatic carbocycles. The molecule has 1 saturated carbocycles. The Hall–Kier alpha value is -2.03. The predicted octanol–water partition coefficient (Wildman–Crippen LogP) is 2.75. The molecular weight excluding hydrogens is 234 g/mol. The minimum atomic E-state index is 0.611. The molecule has 98 valence electrons. The number of rotatable bonds is 3. The Morgan fingerprint density at radius 1 is 1.21 bits per heavy atom. The normalized spacial score (nSPS) is 15.7. The second-order valence-corrected chi connectivity index (χ2v) is 5.20. The van der Waals surface area contributed by atoms with Gasteiger partial charge in [0.2, 0.25) is 0 Å². The molecule has 0 atom stereocenters. The first-order chi connectivity index (χ1) is 9.24. The molecule has 3 nitrogen and oxygen atoms in total. The average molecular weight is 253 g/mol. The highest BCUT2D eigenvalue weighted by atomic mass is 15.3. The van der Waals surface area contributed by atoms with Gasteiger partial charge in [0.05, 0.1) is 6.54 Å². The Morgan fingerprint density at radius 2 is 1.95 bits per heavy atom. The molecule has 1 fully saturated rings. The van der Waals surface area contributed by atoms with E-state index in [2.05, 4.69) is 52.4 Å². The first-order valence-corrected chi connectivity index (χ1v) is 6.74. The fraction of sp³-hybridized carbons (Fsp3) is 0.312. The van der Waals surface area contributed by atoms with E-state index in [1.54, 1.807) is 0 Å². The van der Waals surface area contributed by atoms with E-state index in [9.17, 15) is 0 Å². The van der Waals surface area contributed by atoms with Crippen LogP contribution in [0.1, 0.15) is 18.4 Å². The van der Waals surface area contributed by atoms with Crippen LogP contribution in [0.5, 0.6) is 0 Å².